The zero-order valence-corrected chi connectivity index (χ0v) is 10.00. The first kappa shape index (κ1) is 11.0. The molecule has 2 heterocycles. The molecule has 4 nitrogen and oxygen atoms in total. The van der Waals surface area contributed by atoms with Crippen molar-refractivity contribution in [3.05, 3.63) is 29.7 Å². The molecule has 1 N–H and O–H groups in total. The van der Waals surface area contributed by atoms with Gasteiger partial charge in [-0.3, -0.25) is 0 Å². The molecule has 1 unspecified atom stereocenters. The molecule has 0 bridgehead atoms. The molecule has 0 aromatic carbocycles. The van der Waals surface area contributed by atoms with Gasteiger partial charge in [-0.2, -0.15) is 0 Å². The molecule has 0 aliphatic heterocycles. The topological polar surface area (TPSA) is 51.2 Å². The third-order valence-corrected chi connectivity index (χ3v) is 2.63. The molecule has 0 fully saturated rings. The quantitative estimate of drug-likeness (QED) is 0.864. The Morgan fingerprint density at radius 3 is 2.62 bits per heavy atom. The largest absolute Gasteiger partial charge is 0.466 e. The summed E-state index contributed by atoms with van der Waals surface area (Å²) < 4.78 is 11.1. The Bertz CT molecular complexity index is 485. The van der Waals surface area contributed by atoms with Crippen molar-refractivity contribution in [3.8, 4) is 11.3 Å². The molecular weight excluding hydrogens is 204 g/mol. The predicted molar refractivity (Wildman–Crippen MR) is 61.2 cm³/mol. The zero-order chi connectivity index (χ0) is 11.7. The van der Waals surface area contributed by atoms with E-state index >= 15 is 0 Å². The van der Waals surface area contributed by atoms with E-state index < -0.39 is 0 Å². The van der Waals surface area contributed by atoms with E-state index in [0.717, 1.165) is 22.8 Å². The molecule has 0 amide bonds. The highest BCUT2D eigenvalue weighted by molar-refractivity contribution is 5.59. The summed E-state index contributed by atoms with van der Waals surface area (Å²) in [5.41, 5.74) is 0.972. The average Bonchev–Trinajstić information content (AvgIpc) is 2.83. The molecule has 0 saturated heterocycles. The molecule has 0 radical (unpaired) electrons. The second kappa shape index (κ2) is 4.14. The lowest BCUT2D eigenvalue weighted by Gasteiger charge is -2.03. The Labute approximate surface area is 94.7 Å². The minimum absolute atomic E-state index is 0.113. The van der Waals surface area contributed by atoms with E-state index in [1.807, 2.05) is 33.9 Å². The van der Waals surface area contributed by atoms with Crippen molar-refractivity contribution >= 4 is 0 Å². The number of rotatable bonds is 3. The van der Waals surface area contributed by atoms with Gasteiger partial charge in [-0.25, -0.2) is 4.98 Å². The normalized spacial score (nSPS) is 13.0. The van der Waals surface area contributed by atoms with E-state index in [2.05, 4.69) is 10.3 Å². The number of hydrogen-bond acceptors (Lipinski definition) is 4. The van der Waals surface area contributed by atoms with Crippen LogP contribution < -0.4 is 5.32 Å². The van der Waals surface area contributed by atoms with Crippen molar-refractivity contribution in [2.75, 3.05) is 7.05 Å². The maximum Gasteiger partial charge on any atom is 0.211 e. The van der Waals surface area contributed by atoms with Gasteiger partial charge < -0.3 is 14.2 Å². The lowest BCUT2D eigenvalue weighted by atomic mass is 10.2. The fraction of sp³-hybridized carbons (Fsp3) is 0.417. The number of oxazole rings is 1. The zero-order valence-electron chi connectivity index (χ0n) is 10.00. The highest BCUT2D eigenvalue weighted by Gasteiger charge is 2.15. The summed E-state index contributed by atoms with van der Waals surface area (Å²) in [5, 5.41) is 3.09. The minimum Gasteiger partial charge on any atom is -0.466 e. The van der Waals surface area contributed by atoms with Crippen molar-refractivity contribution in [1.82, 2.24) is 10.3 Å². The fourth-order valence-corrected chi connectivity index (χ4v) is 1.61. The second-order valence-corrected chi connectivity index (χ2v) is 3.90. The summed E-state index contributed by atoms with van der Waals surface area (Å²) in [6.45, 7) is 5.85. The van der Waals surface area contributed by atoms with Crippen molar-refractivity contribution in [2.24, 2.45) is 0 Å². The van der Waals surface area contributed by atoms with E-state index in [0.29, 0.717) is 5.89 Å². The number of aryl methyl sites for hydroxylation is 2. The molecule has 0 saturated carbocycles. The maximum atomic E-state index is 5.68. The molecule has 86 valence electrons. The Hall–Kier alpha value is -1.55. The van der Waals surface area contributed by atoms with E-state index in [-0.39, 0.29) is 6.04 Å². The number of nitrogens with one attached hydrogen (secondary N) is 1. The lowest BCUT2D eigenvalue weighted by Crippen LogP contribution is -2.12. The van der Waals surface area contributed by atoms with E-state index in [1.54, 1.807) is 6.20 Å². The van der Waals surface area contributed by atoms with E-state index in [9.17, 15) is 0 Å². The van der Waals surface area contributed by atoms with Crippen LogP contribution in [0.4, 0.5) is 0 Å². The van der Waals surface area contributed by atoms with Crippen LogP contribution in [-0.2, 0) is 0 Å². The molecular formula is C12H16N2O2. The van der Waals surface area contributed by atoms with Crippen LogP contribution in [0.5, 0.6) is 0 Å². The van der Waals surface area contributed by atoms with Crippen LogP contribution in [0.2, 0.25) is 0 Å². The van der Waals surface area contributed by atoms with Gasteiger partial charge in [0.25, 0.3) is 0 Å². The first-order chi connectivity index (χ1) is 7.61. The summed E-state index contributed by atoms with van der Waals surface area (Å²) in [7, 11) is 1.88. The summed E-state index contributed by atoms with van der Waals surface area (Å²) in [6, 6.07) is 2.07. The fourth-order valence-electron chi connectivity index (χ4n) is 1.61. The van der Waals surface area contributed by atoms with Crippen LogP contribution in [0.25, 0.3) is 11.3 Å². The van der Waals surface area contributed by atoms with Crippen LogP contribution in [0.1, 0.15) is 30.4 Å². The van der Waals surface area contributed by atoms with Gasteiger partial charge in [0.15, 0.2) is 5.76 Å². The van der Waals surface area contributed by atoms with Crippen molar-refractivity contribution in [2.45, 2.75) is 26.8 Å². The SMILES string of the molecule is CNC(C)c1ncc(-c2cc(C)oc2C)o1. The molecule has 0 spiro atoms. The highest BCUT2D eigenvalue weighted by Crippen LogP contribution is 2.28. The lowest BCUT2D eigenvalue weighted by molar-refractivity contribution is 0.440. The summed E-state index contributed by atoms with van der Waals surface area (Å²) in [6.07, 6.45) is 1.74. The molecule has 16 heavy (non-hydrogen) atoms. The van der Waals surface area contributed by atoms with Crippen LogP contribution in [-0.4, -0.2) is 12.0 Å². The molecule has 2 rings (SSSR count). The van der Waals surface area contributed by atoms with Gasteiger partial charge in [0, 0.05) is 0 Å². The second-order valence-electron chi connectivity index (χ2n) is 3.90. The van der Waals surface area contributed by atoms with Gasteiger partial charge in [0.2, 0.25) is 5.89 Å². The van der Waals surface area contributed by atoms with Gasteiger partial charge in [0.05, 0.1) is 17.8 Å². The van der Waals surface area contributed by atoms with E-state index in [1.165, 1.54) is 0 Å². The molecule has 2 aromatic heterocycles. The maximum absolute atomic E-state index is 5.68. The minimum atomic E-state index is 0.113. The molecule has 0 aliphatic carbocycles. The molecule has 4 heteroatoms. The van der Waals surface area contributed by atoms with Crippen molar-refractivity contribution < 1.29 is 8.83 Å². The first-order valence-electron chi connectivity index (χ1n) is 5.32. The van der Waals surface area contributed by atoms with Crippen LogP contribution in [0.15, 0.2) is 21.1 Å². The van der Waals surface area contributed by atoms with Crippen molar-refractivity contribution in [3.63, 3.8) is 0 Å². The Kier molecular flexibility index (Phi) is 2.83. The van der Waals surface area contributed by atoms with Gasteiger partial charge >= 0.3 is 0 Å². The Morgan fingerprint density at radius 2 is 2.06 bits per heavy atom. The first-order valence-corrected chi connectivity index (χ1v) is 5.32. The highest BCUT2D eigenvalue weighted by atomic mass is 16.4. The number of hydrogen-bond donors (Lipinski definition) is 1. The molecule has 1 atom stereocenters. The standard InChI is InChI=1S/C12H16N2O2/c1-7-5-10(9(3)15-7)11-6-14-12(16-11)8(2)13-4/h5-6,8,13H,1-4H3. The third kappa shape index (κ3) is 1.88. The smallest absolute Gasteiger partial charge is 0.211 e. The van der Waals surface area contributed by atoms with Crippen LogP contribution >= 0.6 is 0 Å². The Balaban J connectivity index is 2.35. The number of nitrogens with zero attached hydrogens (tertiary/aromatic N) is 1. The summed E-state index contributed by atoms with van der Waals surface area (Å²) in [4.78, 5) is 4.24. The van der Waals surface area contributed by atoms with Gasteiger partial charge in [-0.05, 0) is 33.9 Å². The summed E-state index contributed by atoms with van der Waals surface area (Å²) in [5.74, 6) is 3.19. The average molecular weight is 220 g/mol. The predicted octanol–water partition coefficient (Wildman–Crippen LogP) is 2.83. The van der Waals surface area contributed by atoms with E-state index in [4.69, 9.17) is 8.83 Å². The van der Waals surface area contributed by atoms with Crippen LogP contribution in [0, 0.1) is 13.8 Å². The van der Waals surface area contributed by atoms with Crippen LogP contribution in [0.3, 0.4) is 0 Å². The number of aromatic nitrogens is 1. The van der Waals surface area contributed by atoms with Gasteiger partial charge in [-0.15, -0.1) is 0 Å². The number of furan rings is 1. The third-order valence-electron chi connectivity index (χ3n) is 2.63. The Morgan fingerprint density at radius 1 is 1.31 bits per heavy atom. The van der Waals surface area contributed by atoms with Gasteiger partial charge in [0.1, 0.15) is 11.5 Å². The molecule has 2 aromatic rings. The monoisotopic (exact) mass is 220 g/mol. The summed E-state index contributed by atoms with van der Waals surface area (Å²) >= 11 is 0. The van der Waals surface area contributed by atoms with Crippen molar-refractivity contribution in [1.29, 1.82) is 0 Å². The van der Waals surface area contributed by atoms with Gasteiger partial charge in [-0.1, -0.05) is 0 Å². The molecule has 0 aliphatic rings.